The van der Waals surface area contributed by atoms with Gasteiger partial charge in [-0.05, 0) is 49.6 Å². The Bertz CT molecular complexity index is 1100. The fourth-order valence-electron chi connectivity index (χ4n) is 3.75. The summed E-state index contributed by atoms with van der Waals surface area (Å²) in [4.78, 5) is 28.8. The molecule has 0 heterocycles. The van der Waals surface area contributed by atoms with Crippen LogP contribution in [-0.4, -0.2) is 34.0 Å². The third-order valence-electron chi connectivity index (χ3n) is 5.35. The van der Waals surface area contributed by atoms with Crippen molar-refractivity contribution in [3.63, 3.8) is 0 Å². The van der Waals surface area contributed by atoms with E-state index in [4.69, 9.17) is 11.6 Å². The van der Waals surface area contributed by atoms with E-state index in [9.17, 15) is 9.59 Å². The summed E-state index contributed by atoms with van der Waals surface area (Å²) in [7, 11) is 0. The van der Waals surface area contributed by atoms with Crippen molar-refractivity contribution in [2.45, 2.75) is 51.1 Å². The summed E-state index contributed by atoms with van der Waals surface area (Å²) in [6.07, 6.45) is 0.429. The van der Waals surface area contributed by atoms with Crippen LogP contribution in [0.15, 0.2) is 84.9 Å². The van der Waals surface area contributed by atoms with E-state index in [0.29, 0.717) is 18.0 Å². The molecule has 184 valence electrons. The Balaban J connectivity index is 1.87. The van der Waals surface area contributed by atoms with E-state index in [1.807, 2.05) is 87.5 Å². The lowest BCUT2D eigenvalue weighted by atomic mass is 10.0. The molecule has 35 heavy (non-hydrogen) atoms. The van der Waals surface area contributed by atoms with E-state index in [1.54, 1.807) is 22.7 Å². The molecule has 0 saturated carbocycles. The fraction of sp³-hybridized carbons (Fsp3) is 0.310. The van der Waals surface area contributed by atoms with Crippen molar-refractivity contribution in [2.24, 2.45) is 0 Å². The highest BCUT2D eigenvalue weighted by Gasteiger charge is 2.32. The van der Waals surface area contributed by atoms with E-state index < -0.39 is 11.6 Å². The monoisotopic (exact) mass is 508 g/mol. The number of thioether (sulfide) groups is 1. The van der Waals surface area contributed by atoms with Gasteiger partial charge in [-0.1, -0.05) is 84.4 Å². The van der Waals surface area contributed by atoms with Crippen molar-refractivity contribution in [3.8, 4) is 0 Å². The lowest BCUT2D eigenvalue weighted by Gasteiger charge is -2.34. The SMILES string of the molecule is CC(C)(C)NC(=O)[C@@H](Cc1ccccc1)N(Cc1cccc(Cl)c1)C(=O)CSCc1ccccc1. The van der Waals surface area contributed by atoms with Crippen LogP contribution >= 0.6 is 23.4 Å². The minimum atomic E-state index is -0.652. The van der Waals surface area contributed by atoms with Gasteiger partial charge in [0.2, 0.25) is 11.8 Å². The number of carbonyl (C=O) groups excluding carboxylic acids is 2. The van der Waals surface area contributed by atoms with Gasteiger partial charge in [0.25, 0.3) is 0 Å². The number of nitrogens with one attached hydrogen (secondary N) is 1. The molecule has 0 aliphatic rings. The first-order chi connectivity index (χ1) is 16.7. The highest BCUT2D eigenvalue weighted by molar-refractivity contribution is 7.99. The Labute approximate surface area is 218 Å². The molecule has 1 N–H and O–H groups in total. The zero-order chi connectivity index (χ0) is 25.3. The first kappa shape index (κ1) is 26.8. The van der Waals surface area contributed by atoms with Gasteiger partial charge < -0.3 is 10.2 Å². The van der Waals surface area contributed by atoms with Gasteiger partial charge in [-0.3, -0.25) is 9.59 Å². The van der Waals surface area contributed by atoms with Crippen LogP contribution < -0.4 is 5.32 Å². The van der Waals surface area contributed by atoms with Crippen LogP contribution in [0.2, 0.25) is 5.02 Å². The van der Waals surface area contributed by atoms with Crippen molar-refractivity contribution >= 4 is 35.2 Å². The number of hydrogen-bond donors (Lipinski definition) is 1. The molecule has 0 unspecified atom stereocenters. The Morgan fingerprint density at radius 2 is 1.49 bits per heavy atom. The average Bonchev–Trinajstić information content (AvgIpc) is 2.81. The molecular formula is C29H33ClN2O2S. The first-order valence-corrected chi connectivity index (χ1v) is 13.3. The number of nitrogens with zero attached hydrogens (tertiary/aromatic N) is 1. The quantitative estimate of drug-likeness (QED) is 0.358. The van der Waals surface area contributed by atoms with Gasteiger partial charge in [0.15, 0.2) is 0 Å². The Hall–Kier alpha value is -2.76. The van der Waals surface area contributed by atoms with Gasteiger partial charge in [-0.15, -0.1) is 11.8 Å². The molecule has 3 rings (SSSR count). The molecule has 0 aromatic heterocycles. The number of halogens is 1. The Morgan fingerprint density at radius 1 is 0.886 bits per heavy atom. The summed E-state index contributed by atoms with van der Waals surface area (Å²) >= 11 is 7.79. The highest BCUT2D eigenvalue weighted by Crippen LogP contribution is 2.20. The van der Waals surface area contributed by atoms with Crippen LogP contribution in [0.3, 0.4) is 0 Å². The molecule has 3 aromatic carbocycles. The maximum absolute atomic E-state index is 13.6. The molecule has 0 aliphatic carbocycles. The number of carbonyl (C=O) groups is 2. The van der Waals surface area contributed by atoms with Gasteiger partial charge >= 0.3 is 0 Å². The zero-order valence-electron chi connectivity index (χ0n) is 20.5. The molecule has 0 spiro atoms. The topological polar surface area (TPSA) is 49.4 Å². The van der Waals surface area contributed by atoms with Crippen LogP contribution in [0.1, 0.15) is 37.5 Å². The third-order valence-corrected chi connectivity index (χ3v) is 6.57. The van der Waals surface area contributed by atoms with Crippen molar-refractivity contribution in [3.05, 3.63) is 107 Å². The summed E-state index contributed by atoms with van der Waals surface area (Å²) in [5, 5.41) is 3.69. The van der Waals surface area contributed by atoms with Crippen LogP contribution in [0, 0.1) is 0 Å². The number of amides is 2. The number of benzene rings is 3. The zero-order valence-corrected chi connectivity index (χ0v) is 22.1. The molecule has 0 aliphatic heterocycles. The summed E-state index contributed by atoms with van der Waals surface area (Å²) in [5.74, 6) is 0.777. The lowest BCUT2D eigenvalue weighted by Crippen LogP contribution is -2.54. The molecule has 1 atom stereocenters. The molecule has 2 amide bonds. The summed E-state index contributed by atoms with van der Waals surface area (Å²) in [6, 6.07) is 26.7. The smallest absolute Gasteiger partial charge is 0.243 e. The minimum absolute atomic E-state index is 0.0732. The second kappa shape index (κ2) is 12.8. The van der Waals surface area contributed by atoms with Crippen molar-refractivity contribution < 1.29 is 9.59 Å². The minimum Gasteiger partial charge on any atom is -0.350 e. The molecule has 0 saturated heterocycles. The predicted octanol–water partition coefficient (Wildman–Crippen LogP) is 6.13. The Kier molecular flexibility index (Phi) is 9.82. The largest absolute Gasteiger partial charge is 0.350 e. The lowest BCUT2D eigenvalue weighted by molar-refractivity contribution is -0.140. The third kappa shape index (κ3) is 9.08. The van der Waals surface area contributed by atoms with Crippen LogP contribution in [-0.2, 0) is 28.3 Å². The predicted molar refractivity (Wildman–Crippen MR) is 146 cm³/mol. The van der Waals surface area contributed by atoms with E-state index in [-0.39, 0.29) is 17.6 Å². The van der Waals surface area contributed by atoms with E-state index in [2.05, 4.69) is 17.4 Å². The summed E-state index contributed by atoms with van der Waals surface area (Å²) in [5.41, 5.74) is 2.64. The molecular weight excluding hydrogens is 476 g/mol. The van der Waals surface area contributed by atoms with Gasteiger partial charge in [0, 0.05) is 29.3 Å². The van der Waals surface area contributed by atoms with Gasteiger partial charge in [-0.25, -0.2) is 0 Å². The van der Waals surface area contributed by atoms with Crippen LogP contribution in [0.4, 0.5) is 0 Å². The second-order valence-electron chi connectivity index (χ2n) is 9.57. The van der Waals surface area contributed by atoms with Gasteiger partial charge in [-0.2, -0.15) is 0 Å². The fourth-order valence-corrected chi connectivity index (χ4v) is 4.84. The van der Waals surface area contributed by atoms with Crippen molar-refractivity contribution in [1.29, 1.82) is 0 Å². The maximum atomic E-state index is 13.6. The molecule has 4 nitrogen and oxygen atoms in total. The van der Waals surface area contributed by atoms with Gasteiger partial charge in [0.1, 0.15) is 6.04 Å². The summed E-state index contributed by atoms with van der Waals surface area (Å²) < 4.78 is 0. The van der Waals surface area contributed by atoms with Crippen LogP contribution in [0.5, 0.6) is 0 Å². The molecule has 6 heteroatoms. The van der Waals surface area contributed by atoms with E-state index in [1.165, 1.54) is 0 Å². The molecule has 0 fully saturated rings. The second-order valence-corrected chi connectivity index (χ2v) is 11.0. The first-order valence-electron chi connectivity index (χ1n) is 11.7. The normalized spacial score (nSPS) is 12.1. The molecule has 3 aromatic rings. The van der Waals surface area contributed by atoms with E-state index in [0.717, 1.165) is 22.4 Å². The van der Waals surface area contributed by atoms with Crippen LogP contribution in [0.25, 0.3) is 0 Å². The highest BCUT2D eigenvalue weighted by atomic mass is 35.5. The maximum Gasteiger partial charge on any atom is 0.243 e. The summed E-state index contributed by atoms with van der Waals surface area (Å²) in [6.45, 7) is 6.15. The Morgan fingerprint density at radius 3 is 2.09 bits per heavy atom. The number of hydrogen-bond acceptors (Lipinski definition) is 3. The van der Waals surface area contributed by atoms with Crippen molar-refractivity contribution in [2.75, 3.05) is 5.75 Å². The molecule has 0 bridgehead atoms. The van der Waals surface area contributed by atoms with Gasteiger partial charge in [0.05, 0.1) is 5.75 Å². The number of rotatable bonds is 10. The molecule has 0 radical (unpaired) electrons. The average molecular weight is 509 g/mol. The standard InChI is InChI=1S/C29H33ClN2O2S/c1-29(2,3)31-28(34)26(18-22-11-6-4-7-12-22)32(19-24-15-10-16-25(30)17-24)27(33)21-35-20-23-13-8-5-9-14-23/h4-17,26H,18-21H2,1-3H3,(H,31,34)/t26-/m1/s1. The van der Waals surface area contributed by atoms with Crippen molar-refractivity contribution in [1.82, 2.24) is 10.2 Å². The van der Waals surface area contributed by atoms with E-state index >= 15 is 0 Å².